The van der Waals surface area contributed by atoms with Gasteiger partial charge >= 0.3 is 0 Å². The highest BCUT2D eigenvalue weighted by Gasteiger charge is 2.18. The zero-order chi connectivity index (χ0) is 19.6. The van der Waals surface area contributed by atoms with Gasteiger partial charge in [-0.25, -0.2) is 15.0 Å². The molecule has 6 nitrogen and oxygen atoms in total. The number of hydrogen-bond donors (Lipinski definition) is 1. The van der Waals surface area contributed by atoms with Crippen molar-refractivity contribution in [1.29, 1.82) is 0 Å². The van der Waals surface area contributed by atoms with E-state index in [1.165, 1.54) is 0 Å². The normalized spacial score (nSPS) is 11.4. The third-order valence-electron chi connectivity index (χ3n) is 4.36. The van der Waals surface area contributed by atoms with E-state index in [4.69, 9.17) is 4.74 Å². The molecule has 0 atom stereocenters. The second kappa shape index (κ2) is 7.31. The van der Waals surface area contributed by atoms with Crippen LogP contribution >= 0.6 is 0 Å². The standard InChI is InChI=1S/C21H24N4O2/c1-13-16(11-14-7-6-10-22-18(14)24-13)19(26)23-12-15-8-9-17(21(2,3)4)25-20(15)27-5/h6-11H,12H2,1-5H3,(H,23,26). The van der Waals surface area contributed by atoms with Gasteiger partial charge in [-0.1, -0.05) is 26.8 Å². The molecule has 0 unspecified atom stereocenters. The number of pyridine rings is 3. The Morgan fingerprint density at radius 3 is 2.67 bits per heavy atom. The van der Waals surface area contributed by atoms with Crippen LogP contribution in [0.4, 0.5) is 0 Å². The van der Waals surface area contributed by atoms with E-state index in [-0.39, 0.29) is 11.3 Å². The second-order valence-corrected chi connectivity index (χ2v) is 7.47. The van der Waals surface area contributed by atoms with Crippen LogP contribution in [0.5, 0.6) is 5.88 Å². The Labute approximate surface area is 159 Å². The molecule has 0 saturated heterocycles. The number of nitrogens with one attached hydrogen (secondary N) is 1. The average molecular weight is 364 g/mol. The number of aryl methyl sites for hydroxylation is 1. The molecule has 3 aromatic heterocycles. The lowest BCUT2D eigenvalue weighted by Gasteiger charge is -2.19. The van der Waals surface area contributed by atoms with Gasteiger partial charge in [0.25, 0.3) is 5.91 Å². The molecule has 0 aliphatic heterocycles. The minimum atomic E-state index is -0.187. The van der Waals surface area contributed by atoms with Crippen molar-refractivity contribution in [3.8, 4) is 5.88 Å². The van der Waals surface area contributed by atoms with Crippen LogP contribution in [0.2, 0.25) is 0 Å². The highest BCUT2D eigenvalue weighted by Crippen LogP contribution is 2.25. The van der Waals surface area contributed by atoms with Crippen LogP contribution in [-0.2, 0) is 12.0 Å². The van der Waals surface area contributed by atoms with Gasteiger partial charge in [0.05, 0.1) is 18.4 Å². The fraction of sp³-hybridized carbons (Fsp3) is 0.333. The summed E-state index contributed by atoms with van der Waals surface area (Å²) in [6.07, 6.45) is 1.69. The Morgan fingerprint density at radius 1 is 1.19 bits per heavy atom. The van der Waals surface area contributed by atoms with Gasteiger partial charge in [0.2, 0.25) is 5.88 Å². The van der Waals surface area contributed by atoms with Crippen LogP contribution in [0.1, 0.15) is 48.1 Å². The van der Waals surface area contributed by atoms with Crippen molar-refractivity contribution in [1.82, 2.24) is 20.3 Å². The number of fused-ring (bicyclic) bond motifs is 1. The third-order valence-corrected chi connectivity index (χ3v) is 4.36. The summed E-state index contributed by atoms with van der Waals surface area (Å²) >= 11 is 0. The summed E-state index contributed by atoms with van der Waals surface area (Å²) in [6, 6.07) is 9.46. The number of rotatable bonds is 4. The fourth-order valence-electron chi connectivity index (χ4n) is 2.79. The largest absolute Gasteiger partial charge is 0.481 e. The molecular formula is C21H24N4O2. The Hall–Kier alpha value is -3.02. The molecule has 27 heavy (non-hydrogen) atoms. The maximum atomic E-state index is 12.7. The van der Waals surface area contributed by atoms with Crippen molar-refractivity contribution in [2.45, 2.75) is 39.7 Å². The van der Waals surface area contributed by atoms with Gasteiger partial charge in [-0.05, 0) is 31.2 Å². The summed E-state index contributed by atoms with van der Waals surface area (Å²) in [7, 11) is 1.59. The lowest BCUT2D eigenvalue weighted by molar-refractivity contribution is 0.0949. The molecule has 0 radical (unpaired) electrons. The van der Waals surface area contributed by atoms with Crippen LogP contribution in [0.3, 0.4) is 0 Å². The van der Waals surface area contributed by atoms with Gasteiger partial charge in [-0.15, -0.1) is 0 Å². The zero-order valence-corrected chi connectivity index (χ0v) is 16.3. The molecule has 0 spiro atoms. The van der Waals surface area contributed by atoms with E-state index in [2.05, 4.69) is 41.0 Å². The summed E-state index contributed by atoms with van der Waals surface area (Å²) in [6.45, 7) is 8.43. The number of hydrogen-bond acceptors (Lipinski definition) is 5. The number of carbonyl (C=O) groups excluding carboxylic acids is 1. The molecule has 3 rings (SSSR count). The van der Waals surface area contributed by atoms with Crippen LogP contribution in [0.15, 0.2) is 36.5 Å². The summed E-state index contributed by atoms with van der Waals surface area (Å²) in [5, 5.41) is 3.77. The molecule has 0 aliphatic carbocycles. The Balaban J connectivity index is 1.81. The van der Waals surface area contributed by atoms with Gasteiger partial charge < -0.3 is 10.1 Å². The minimum absolute atomic E-state index is 0.0725. The van der Waals surface area contributed by atoms with Crippen molar-refractivity contribution in [3.63, 3.8) is 0 Å². The van der Waals surface area contributed by atoms with E-state index in [1.54, 1.807) is 13.3 Å². The highest BCUT2D eigenvalue weighted by atomic mass is 16.5. The van der Waals surface area contributed by atoms with Gasteiger partial charge in [0, 0.05) is 34.8 Å². The Morgan fingerprint density at radius 2 is 1.96 bits per heavy atom. The van der Waals surface area contributed by atoms with Gasteiger partial charge in [-0.3, -0.25) is 4.79 Å². The zero-order valence-electron chi connectivity index (χ0n) is 16.3. The van der Waals surface area contributed by atoms with Crippen molar-refractivity contribution >= 4 is 16.9 Å². The molecule has 3 heterocycles. The number of amides is 1. The van der Waals surface area contributed by atoms with Crippen LogP contribution in [0.25, 0.3) is 11.0 Å². The third kappa shape index (κ3) is 4.05. The molecule has 140 valence electrons. The number of carbonyl (C=O) groups is 1. The van der Waals surface area contributed by atoms with Crippen molar-refractivity contribution in [2.75, 3.05) is 7.11 Å². The molecule has 0 fully saturated rings. The molecule has 1 amide bonds. The molecule has 0 aromatic carbocycles. The Bertz CT molecular complexity index is 993. The second-order valence-electron chi connectivity index (χ2n) is 7.47. The van der Waals surface area contributed by atoms with E-state index in [1.807, 2.05) is 37.3 Å². The van der Waals surface area contributed by atoms with E-state index in [0.29, 0.717) is 29.3 Å². The summed E-state index contributed by atoms with van der Waals surface area (Å²) in [5.74, 6) is 0.341. The smallest absolute Gasteiger partial charge is 0.253 e. The van der Waals surface area contributed by atoms with Crippen molar-refractivity contribution in [2.24, 2.45) is 0 Å². The maximum Gasteiger partial charge on any atom is 0.253 e. The van der Waals surface area contributed by atoms with E-state index >= 15 is 0 Å². The molecule has 3 aromatic rings. The summed E-state index contributed by atoms with van der Waals surface area (Å²) < 4.78 is 5.42. The van der Waals surface area contributed by atoms with Gasteiger partial charge in [0.15, 0.2) is 5.65 Å². The first-order chi connectivity index (χ1) is 12.8. The number of ether oxygens (including phenoxy) is 1. The molecule has 6 heteroatoms. The first-order valence-corrected chi connectivity index (χ1v) is 8.84. The monoisotopic (exact) mass is 364 g/mol. The van der Waals surface area contributed by atoms with Crippen LogP contribution in [-0.4, -0.2) is 28.0 Å². The Kier molecular flexibility index (Phi) is 5.08. The first-order valence-electron chi connectivity index (χ1n) is 8.84. The molecular weight excluding hydrogens is 340 g/mol. The molecule has 0 aliphatic rings. The lowest BCUT2D eigenvalue weighted by atomic mass is 9.91. The fourth-order valence-corrected chi connectivity index (χ4v) is 2.79. The molecule has 0 saturated carbocycles. The lowest BCUT2D eigenvalue weighted by Crippen LogP contribution is -2.25. The van der Waals surface area contributed by atoms with E-state index < -0.39 is 0 Å². The predicted molar refractivity (Wildman–Crippen MR) is 105 cm³/mol. The first kappa shape index (κ1) is 18.8. The molecule has 0 bridgehead atoms. The average Bonchev–Trinajstić information content (AvgIpc) is 2.64. The number of nitrogens with zero attached hydrogens (tertiary/aromatic N) is 3. The SMILES string of the molecule is COc1nc(C(C)(C)C)ccc1CNC(=O)c1cc2cccnc2nc1C. The van der Waals surface area contributed by atoms with Crippen molar-refractivity contribution in [3.05, 3.63) is 59.0 Å². The van der Waals surface area contributed by atoms with Crippen molar-refractivity contribution < 1.29 is 9.53 Å². The van der Waals surface area contributed by atoms with Gasteiger partial charge in [0.1, 0.15) is 0 Å². The predicted octanol–water partition coefficient (Wildman–Crippen LogP) is 3.57. The number of aromatic nitrogens is 3. The quantitative estimate of drug-likeness (QED) is 0.766. The van der Waals surface area contributed by atoms with E-state index in [9.17, 15) is 4.79 Å². The van der Waals surface area contributed by atoms with E-state index in [0.717, 1.165) is 16.6 Å². The summed E-state index contributed by atoms with van der Waals surface area (Å²) in [4.78, 5) is 25.9. The minimum Gasteiger partial charge on any atom is -0.481 e. The maximum absolute atomic E-state index is 12.7. The van der Waals surface area contributed by atoms with Gasteiger partial charge in [-0.2, -0.15) is 0 Å². The topological polar surface area (TPSA) is 77.0 Å². The highest BCUT2D eigenvalue weighted by molar-refractivity contribution is 5.98. The van der Waals surface area contributed by atoms with Crippen LogP contribution in [0, 0.1) is 6.92 Å². The molecule has 1 N–H and O–H groups in total. The number of methoxy groups -OCH3 is 1. The van der Waals surface area contributed by atoms with Crippen LogP contribution < -0.4 is 10.1 Å². The summed E-state index contributed by atoms with van der Waals surface area (Å²) in [5.41, 5.74) is 3.51.